The van der Waals surface area contributed by atoms with E-state index >= 15 is 0 Å². The Bertz CT molecular complexity index is 1040. The second-order valence-corrected chi connectivity index (χ2v) is 9.78. The minimum Gasteiger partial charge on any atom is -0.492 e. The smallest absolute Gasteiger partial charge is 0.452 e. The number of pyridine rings is 1. The van der Waals surface area contributed by atoms with Crippen LogP contribution in [-0.2, 0) is 20.7 Å². The molecule has 3 heterocycles. The minimum absolute atomic E-state index is 0.149. The molecule has 1 unspecified atom stereocenters. The summed E-state index contributed by atoms with van der Waals surface area (Å²) in [6, 6.07) is 10.1. The summed E-state index contributed by atoms with van der Waals surface area (Å²) in [6.07, 6.45) is 4.46. The van der Waals surface area contributed by atoms with Gasteiger partial charge in [0.2, 0.25) is 15.8 Å². The van der Waals surface area contributed by atoms with Crippen molar-refractivity contribution in [3.8, 4) is 11.5 Å². The van der Waals surface area contributed by atoms with Crippen LogP contribution in [0.5, 0.6) is 11.5 Å². The first-order valence-corrected chi connectivity index (χ1v) is 12.3. The van der Waals surface area contributed by atoms with Gasteiger partial charge in [-0.25, -0.2) is 18.1 Å². The van der Waals surface area contributed by atoms with E-state index in [1.165, 1.54) is 11.4 Å². The van der Waals surface area contributed by atoms with Gasteiger partial charge in [-0.05, 0) is 43.9 Å². The Kier molecular flexibility index (Phi) is 6.80. The third-order valence-electron chi connectivity index (χ3n) is 5.76. The van der Waals surface area contributed by atoms with Crippen molar-refractivity contribution in [1.29, 1.82) is 0 Å². The molecule has 2 aromatic rings. The van der Waals surface area contributed by atoms with Crippen molar-refractivity contribution in [2.24, 2.45) is 0 Å². The van der Waals surface area contributed by atoms with Crippen LogP contribution < -0.4 is 9.62 Å². The van der Waals surface area contributed by atoms with Crippen LogP contribution in [0.3, 0.4) is 0 Å². The van der Waals surface area contributed by atoms with Crippen molar-refractivity contribution >= 4 is 16.1 Å². The minimum atomic E-state index is -3.66. The molecule has 0 aliphatic carbocycles. The predicted molar refractivity (Wildman–Crippen MR) is 116 cm³/mol. The Morgan fingerprint density at radius 2 is 1.91 bits per heavy atom. The molecule has 10 heteroatoms. The Balaban J connectivity index is 1.50. The molecule has 0 N–H and O–H groups in total. The van der Waals surface area contributed by atoms with Gasteiger partial charge in [-0.2, -0.15) is 4.31 Å². The van der Waals surface area contributed by atoms with Gasteiger partial charge in [-0.15, -0.1) is 0 Å². The summed E-state index contributed by atoms with van der Waals surface area (Å²) >= 11 is 0. The molecule has 2 saturated heterocycles. The van der Waals surface area contributed by atoms with Gasteiger partial charge in [-0.3, -0.25) is 9.87 Å². The molecule has 1 atom stereocenters. The van der Waals surface area contributed by atoms with Crippen LogP contribution in [0.15, 0.2) is 42.6 Å². The number of carbonyl (C=O) groups excluding carboxylic acids is 1. The maximum absolute atomic E-state index is 13.3. The zero-order valence-electron chi connectivity index (χ0n) is 18.0. The van der Waals surface area contributed by atoms with Gasteiger partial charge in [0.25, 0.3) is 0 Å². The van der Waals surface area contributed by atoms with Crippen molar-refractivity contribution in [3.05, 3.63) is 53.9 Å². The molecule has 0 bridgehead atoms. The van der Waals surface area contributed by atoms with Crippen molar-refractivity contribution in [1.82, 2.24) is 14.2 Å². The molecular formula is C22H27N3O6S. The highest BCUT2D eigenvalue weighted by Crippen LogP contribution is 2.37. The van der Waals surface area contributed by atoms with E-state index in [-0.39, 0.29) is 23.3 Å². The van der Waals surface area contributed by atoms with Gasteiger partial charge in [0.05, 0.1) is 24.6 Å². The van der Waals surface area contributed by atoms with Gasteiger partial charge in [0.15, 0.2) is 5.75 Å². The number of hydrogen-bond acceptors (Lipinski definition) is 7. The molecule has 2 aliphatic heterocycles. The normalized spacial score (nSPS) is 19.2. The molecule has 2 aliphatic rings. The zero-order chi connectivity index (χ0) is 22.6. The maximum atomic E-state index is 13.3. The SMILES string of the molecule is COc1c(CS(=O)(=O)N2CCCC2c2ccccn2)cccc1OOC(=O)N1CCCC1. The average Bonchev–Trinajstić information content (AvgIpc) is 3.50. The lowest BCUT2D eigenvalue weighted by molar-refractivity contribution is -0.153. The number of sulfonamides is 1. The average molecular weight is 462 g/mol. The summed E-state index contributed by atoms with van der Waals surface area (Å²) in [5.41, 5.74) is 1.17. The number of amides is 1. The number of likely N-dealkylation sites (tertiary alicyclic amines) is 1. The highest BCUT2D eigenvalue weighted by molar-refractivity contribution is 7.88. The largest absolute Gasteiger partial charge is 0.492 e. The van der Waals surface area contributed by atoms with E-state index in [4.69, 9.17) is 14.5 Å². The molecule has 172 valence electrons. The molecule has 0 saturated carbocycles. The van der Waals surface area contributed by atoms with Gasteiger partial charge in [0.1, 0.15) is 0 Å². The van der Waals surface area contributed by atoms with Crippen LogP contribution in [0.1, 0.15) is 43.0 Å². The van der Waals surface area contributed by atoms with Crippen LogP contribution in [0.2, 0.25) is 0 Å². The summed E-state index contributed by atoms with van der Waals surface area (Å²) in [5.74, 6) is 0.103. The fraction of sp³-hybridized carbons (Fsp3) is 0.455. The topological polar surface area (TPSA) is 98.3 Å². The maximum Gasteiger partial charge on any atom is 0.452 e. The number of rotatable bonds is 7. The molecule has 0 radical (unpaired) electrons. The fourth-order valence-electron chi connectivity index (χ4n) is 4.23. The van der Waals surface area contributed by atoms with Gasteiger partial charge in [-0.1, -0.05) is 18.2 Å². The van der Waals surface area contributed by atoms with E-state index in [9.17, 15) is 13.2 Å². The van der Waals surface area contributed by atoms with Crippen LogP contribution in [0, 0.1) is 0 Å². The zero-order valence-corrected chi connectivity index (χ0v) is 18.8. The lowest BCUT2D eigenvalue weighted by Gasteiger charge is -2.24. The summed E-state index contributed by atoms with van der Waals surface area (Å²) in [7, 11) is -2.24. The number of aromatic nitrogens is 1. The quantitative estimate of drug-likeness (QED) is 0.461. The third-order valence-corrected chi connectivity index (χ3v) is 7.59. The van der Waals surface area contributed by atoms with Crippen LogP contribution in [-0.4, -0.2) is 55.4 Å². The monoisotopic (exact) mass is 461 g/mol. The van der Waals surface area contributed by atoms with Crippen molar-refractivity contribution in [2.75, 3.05) is 26.7 Å². The number of para-hydroxylation sites is 1. The summed E-state index contributed by atoms with van der Waals surface area (Å²) in [5, 5.41) is 0. The summed E-state index contributed by atoms with van der Waals surface area (Å²) in [6.45, 7) is 1.70. The van der Waals surface area contributed by atoms with Crippen molar-refractivity contribution < 1.29 is 27.7 Å². The van der Waals surface area contributed by atoms with Gasteiger partial charge < -0.3 is 9.64 Å². The molecule has 32 heavy (non-hydrogen) atoms. The number of carbonyl (C=O) groups is 1. The lowest BCUT2D eigenvalue weighted by Crippen LogP contribution is -2.32. The molecule has 0 spiro atoms. The summed E-state index contributed by atoms with van der Waals surface area (Å²) in [4.78, 5) is 28.2. The Hall–Kier alpha value is -2.85. The first kappa shape index (κ1) is 22.3. The molecular weight excluding hydrogens is 434 g/mol. The van der Waals surface area contributed by atoms with E-state index in [0.29, 0.717) is 25.2 Å². The molecule has 4 rings (SSSR count). The van der Waals surface area contributed by atoms with Crippen molar-refractivity contribution in [2.45, 2.75) is 37.5 Å². The predicted octanol–water partition coefficient (Wildman–Crippen LogP) is 3.28. The second kappa shape index (κ2) is 9.74. The second-order valence-electron chi connectivity index (χ2n) is 7.85. The number of benzene rings is 1. The van der Waals surface area contributed by atoms with E-state index in [1.54, 1.807) is 29.3 Å². The van der Waals surface area contributed by atoms with Gasteiger partial charge >= 0.3 is 6.09 Å². The molecule has 1 aromatic carbocycles. The van der Waals surface area contributed by atoms with E-state index < -0.39 is 16.1 Å². The lowest BCUT2D eigenvalue weighted by atomic mass is 10.1. The van der Waals surface area contributed by atoms with Crippen LogP contribution in [0.4, 0.5) is 4.79 Å². The molecule has 1 amide bonds. The Morgan fingerprint density at radius 1 is 1.09 bits per heavy atom. The van der Waals surface area contributed by atoms with Crippen LogP contribution >= 0.6 is 0 Å². The van der Waals surface area contributed by atoms with Gasteiger partial charge in [0, 0.05) is 31.4 Å². The van der Waals surface area contributed by atoms with E-state index in [0.717, 1.165) is 31.4 Å². The number of ether oxygens (including phenoxy) is 1. The number of nitrogens with zero attached hydrogens (tertiary/aromatic N) is 3. The van der Waals surface area contributed by atoms with E-state index in [1.807, 2.05) is 18.2 Å². The van der Waals surface area contributed by atoms with Crippen LogP contribution in [0.25, 0.3) is 0 Å². The fourth-order valence-corrected chi connectivity index (χ4v) is 6.02. The third kappa shape index (κ3) is 4.81. The number of hydrogen-bond donors (Lipinski definition) is 0. The Morgan fingerprint density at radius 3 is 2.62 bits per heavy atom. The van der Waals surface area contributed by atoms with E-state index in [2.05, 4.69) is 4.98 Å². The standard InChI is InChI=1S/C22H27N3O6S/c1-29-21-17(8-6-11-20(21)30-31-22(26)24-13-4-5-14-24)16-32(27,28)25-15-7-10-19(25)18-9-2-3-12-23-18/h2-3,6,8-9,11-12,19H,4-5,7,10,13-16H2,1H3. The summed E-state index contributed by atoms with van der Waals surface area (Å²) < 4.78 is 33.6. The molecule has 9 nitrogen and oxygen atoms in total. The molecule has 1 aromatic heterocycles. The first-order valence-electron chi connectivity index (χ1n) is 10.7. The van der Waals surface area contributed by atoms with Crippen molar-refractivity contribution in [3.63, 3.8) is 0 Å². The number of methoxy groups -OCH3 is 1. The highest BCUT2D eigenvalue weighted by atomic mass is 32.2. The highest BCUT2D eigenvalue weighted by Gasteiger charge is 2.36. The first-order chi connectivity index (χ1) is 15.5. The molecule has 2 fully saturated rings. The Labute approximate surface area is 187 Å².